The molecule has 0 unspecified atom stereocenters. The quantitative estimate of drug-likeness (QED) is 0.805. The smallest absolute Gasteiger partial charge is 0.247 e. The molecule has 0 spiro atoms. The highest BCUT2D eigenvalue weighted by molar-refractivity contribution is 9.10. The van der Waals surface area contributed by atoms with E-state index in [2.05, 4.69) is 57.3 Å². The van der Waals surface area contributed by atoms with Gasteiger partial charge in [0.15, 0.2) is 0 Å². The van der Waals surface area contributed by atoms with Crippen LogP contribution in [0.15, 0.2) is 23.2 Å². The Morgan fingerprint density at radius 3 is 2.96 bits per heavy atom. The van der Waals surface area contributed by atoms with E-state index in [9.17, 15) is 4.79 Å². The fourth-order valence-corrected chi connectivity index (χ4v) is 4.08. The number of anilines is 2. The molecular formula is C18H23BrN4O. The predicted molar refractivity (Wildman–Crippen MR) is 103 cm³/mol. The highest BCUT2D eigenvalue weighted by Crippen LogP contribution is 2.36. The van der Waals surface area contributed by atoms with E-state index >= 15 is 0 Å². The van der Waals surface area contributed by atoms with Crippen LogP contribution in [0.3, 0.4) is 0 Å². The van der Waals surface area contributed by atoms with E-state index < -0.39 is 0 Å². The van der Waals surface area contributed by atoms with Crippen LogP contribution in [0.4, 0.5) is 11.6 Å². The van der Waals surface area contributed by atoms with Crippen molar-refractivity contribution in [1.29, 1.82) is 0 Å². The van der Waals surface area contributed by atoms with Gasteiger partial charge in [-0.1, -0.05) is 13.5 Å². The van der Waals surface area contributed by atoms with Crippen LogP contribution in [-0.4, -0.2) is 28.5 Å². The summed E-state index contributed by atoms with van der Waals surface area (Å²) in [7, 11) is 2.05. The second kappa shape index (κ2) is 6.59. The molecule has 24 heavy (non-hydrogen) atoms. The van der Waals surface area contributed by atoms with Gasteiger partial charge < -0.3 is 14.8 Å². The average Bonchev–Trinajstić information content (AvgIpc) is 2.88. The highest BCUT2D eigenvalue weighted by atomic mass is 79.9. The summed E-state index contributed by atoms with van der Waals surface area (Å²) in [6, 6.07) is 2.07. The first kappa shape index (κ1) is 17.0. The number of aryl methyl sites for hydroxylation is 2. The average molecular weight is 391 g/mol. The maximum absolute atomic E-state index is 11.7. The third kappa shape index (κ3) is 2.95. The van der Waals surface area contributed by atoms with E-state index in [0.29, 0.717) is 5.92 Å². The summed E-state index contributed by atoms with van der Waals surface area (Å²) in [5, 5.41) is 2.87. The van der Waals surface area contributed by atoms with Crippen molar-refractivity contribution in [2.24, 2.45) is 13.0 Å². The zero-order chi connectivity index (χ0) is 17.4. The largest absolute Gasteiger partial charge is 0.342 e. The van der Waals surface area contributed by atoms with Crippen LogP contribution in [0.25, 0.3) is 11.0 Å². The van der Waals surface area contributed by atoms with Gasteiger partial charge in [0, 0.05) is 20.1 Å². The van der Waals surface area contributed by atoms with Gasteiger partial charge in [0.05, 0.1) is 15.7 Å². The molecule has 1 aromatic heterocycles. The van der Waals surface area contributed by atoms with Crippen LogP contribution >= 0.6 is 15.9 Å². The topological polar surface area (TPSA) is 50.2 Å². The number of fused-ring (bicyclic) bond motifs is 1. The minimum absolute atomic E-state index is 0.223. The fraction of sp³-hybridized carbons (Fsp3) is 0.444. The highest BCUT2D eigenvalue weighted by Gasteiger charge is 2.23. The molecule has 0 radical (unpaired) electrons. The molecule has 2 heterocycles. The summed E-state index contributed by atoms with van der Waals surface area (Å²) in [6.45, 7) is 9.86. The Bertz CT molecular complexity index is 811. The Morgan fingerprint density at radius 1 is 1.54 bits per heavy atom. The third-order valence-corrected chi connectivity index (χ3v) is 5.44. The van der Waals surface area contributed by atoms with Gasteiger partial charge in [0.1, 0.15) is 5.52 Å². The van der Waals surface area contributed by atoms with Crippen molar-refractivity contribution < 1.29 is 4.79 Å². The second-order valence-corrected chi connectivity index (χ2v) is 7.40. The molecule has 1 saturated heterocycles. The summed E-state index contributed by atoms with van der Waals surface area (Å²) in [5.41, 5.74) is 3.68. The van der Waals surface area contributed by atoms with Crippen molar-refractivity contribution in [2.45, 2.75) is 26.7 Å². The molecule has 1 N–H and O–H groups in total. The van der Waals surface area contributed by atoms with Crippen molar-refractivity contribution in [2.75, 3.05) is 23.3 Å². The number of carbonyl (C=O) groups excluding carboxylic acids is 1. The Balaban J connectivity index is 2.08. The van der Waals surface area contributed by atoms with Gasteiger partial charge in [-0.15, -0.1) is 0 Å². The number of hydrogen-bond donors (Lipinski definition) is 1. The lowest BCUT2D eigenvalue weighted by Gasteiger charge is -2.31. The number of aromatic nitrogens is 2. The number of rotatable bonds is 3. The van der Waals surface area contributed by atoms with Gasteiger partial charge in [-0.25, -0.2) is 4.98 Å². The van der Waals surface area contributed by atoms with Gasteiger partial charge in [-0.2, -0.15) is 0 Å². The lowest BCUT2D eigenvalue weighted by molar-refractivity contribution is -0.111. The monoisotopic (exact) mass is 390 g/mol. The number of carbonyl (C=O) groups is 1. The zero-order valence-corrected chi connectivity index (χ0v) is 16.0. The molecule has 1 fully saturated rings. The first-order valence-corrected chi connectivity index (χ1v) is 9.05. The summed E-state index contributed by atoms with van der Waals surface area (Å²) in [4.78, 5) is 18.9. The number of nitrogens with one attached hydrogen (secondary N) is 1. The minimum Gasteiger partial charge on any atom is -0.342 e. The van der Waals surface area contributed by atoms with Crippen LogP contribution in [0.5, 0.6) is 0 Å². The number of benzene rings is 1. The number of nitrogens with zero attached hydrogens (tertiary/aromatic N) is 3. The summed E-state index contributed by atoms with van der Waals surface area (Å²) < 4.78 is 2.96. The van der Waals surface area contributed by atoms with Crippen molar-refractivity contribution in [1.82, 2.24) is 9.55 Å². The van der Waals surface area contributed by atoms with Crippen LogP contribution in [0.2, 0.25) is 0 Å². The molecular weight excluding hydrogens is 368 g/mol. The summed E-state index contributed by atoms with van der Waals surface area (Å²) >= 11 is 3.63. The molecule has 128 valence electrons. The lowest BCUT2D eigenvalue weighted by Crippen LogP contribution is -2.35. The van der Waals surface area contributed by atoms with Gasteiger partial charge in [0.25, 0.3) is 0 Å². The Hall–Kier alpha value is -1.82. The molecule has 1 aliphatic rings. The molecule has 1 aromatic carbocycles. The number of amides is 1. The maximum Gasteiger partial charge on any atom is 0.247 e. The first-order chi connectivity index (χ1) is 11.4. The normalized spacial score (nSPS) is 18.0. The molecule has 5 nitrogen and oxygen atoms in total. The molecule has 1 atom stereocenters. The number of piperidine rings is 1. The molecule has 2 aromatic rings. The number of imidazole rings is 1. The van der Waals surface area contributed by atoms with Crippen LogP contribution < -0.4 is 10.2 Å². The number of hydrogen-bond acceptors (Lipinski definition) is 3. The fourth-order valence-electron chi connectivity index (χ4n) is 3.38. The standard InChI is InChI=1S/C18H23BrN4O/c1-5-14(24)20-16-12(3)9-13-17(15(16)19)21-18(22(13)4)23-8-6-7-11(2)10-23/h5,9,11H,1,6-8,10H2,2-4H3,(H,20,24)/t11-/m1/s1. The Kier molecular flexibility index (Phi) is 4.67. The van der Waals surface area contributed by atoms with E-state index in [4.69, 9.17) is 4.98 Å². The van der Waals surface area contributed by atoms with Crippen LogP contribution in [0, 0.1) is 12.8 Å². The van der Waals surface area contributed by atoms with Gasteiger partial charge >= 0.3 is 0 Å². The van der Waals surface area contributed by atoms with Crippen molar-refractivity contribution in [3.05, 3.63) is 28.8 Å². The van der Waals surface area contributed by atoms with Crippen molar-refractivity contribution in [3.63, 3.8) is 0 Å². The van der Waals surface area contributed by atoms with E-state index in [1.807, 2.05) is 6.92 Å². The van der Waals surface area contributed by atoms with Gasteiger partial charge in [-0.05, 0) is 59.3 Å². The van der Waals surface area contributed by atoms with Gasteiger partial charge in [-0.3, -0.25) is 4.79 Å². The summed E-state index contributed by atoms with van der Waals surface area (Å²) in [6.07, 6.45) is 3.75. The van der Waals surface area contributed by atoms with E-state index in [1.54, 1.807) is 0 Å². The van der Waals surface area contributed by atoms with Crippen LogP contribution in [0.1, 0.15) is 25.3 Å². The molecule has 1 amide bonds. The molecule has 0 bridgehead atoms. The lowest BCUT2D eigenvalue weighted by atomic mass is 10.0. The maximum atomic E-state index is 11.7. The molecule has 3 rings (SSSR count). The Labute approximate surface area is 150 Å². The predicted octanol–water partition coefficient (Wildman–Crippen LogP) is 4.01. The summed E-state index contributed by atoms with van der Waals surface area (Å²) in [5.74, 6) is 1.45. The molecule has 1 aliphatic heterocycles. The third-order valence-electron chi connectivity index (χ3n) is 4.66. The van der Waals surface area contributed by atoms with Crippen molar-refractivity contribution >= 4 is 44.5 Å². The molecule has 0 saturated carbocycles. The van der Waals surface area contributed by atoms with Crippen LogP contribution in [-0.2, 0) is 11.8 Å². The first-order valence-electron chi connectivity index (χ1n) is 8.26. The van der Waals surface area contributed by atoms with E-state index in [0.717, 1.165) is 45.8 Å². The minimum atomic E-state index is -0.223. The van der Waals surface area contributed by atoms with E-state index in [1.165, 1.54) is 18.9 Å². The van der Waals surface area contributed by atoms with Crippen molar-refractivity contribution in [3.8, 4) is 0 Å². The van der Waals surface area contributed by atoms with Gasteiger partial charge in [0.2, 0.25) is 11.9 Å². The van der Waals surface area contributed by atoms with E-state index in [-0.39, 0.29) is 5.91 Å². The zero-order valence-electron chi connectivity index (χ0n) is 14.4. The second-order valence-electron chi connectivity index (χ2n) is 6.61. The number of halogens is 1. The Morgan fingerprint density at radius 2 is 2.29 bits per heavy atom. The molecule has 0 aliphatic carbocycles. The SMILES string of the molecule is C=CC(=O)Nc1c(C)cc2c(nc(N3CCC[C@@H](C)C3)n2C)c1Br. The molecule has 6 heteroatoms.